The van der Waals surface area contributed by atoms with Crippen LogP contribution in [0.2, 0.25) is 0 Å². The molecule has 0 atom stereocenters. The van der Waals surface area contributed by atoms with E-state index >= 15 is 0 Å². The fourth-order valence-corrected chi connectivity index (χ4v) is 2.93. The fraction of sp³-hybridized carbons (Fsp3) is 0.167. The van der Waals surface area contributed by atoms with Crippen LogP contribution in [-0.4, -0.2) is 21.3 Å². The van der Waals surface area contributed by atoms with Gasteiger partial charge >= 0.3 is 35.3 Å². The van der Waals surface area contributed by atoms with Crippen molar-refractivity contribution < 1.29 is 30.7 Å². The zero-order valence-electron chi connectivity index (χ0n) is 18.4. The summed E-state index contributed by atoms with van der Waals surface area (Å²) in [6.45, 7) is 0. The number of methoxy groups -OCH3 is 3. The molecule has 0 amide bonds. The summed E-state index contributed by atoms with van der Waals surface area (Å²) in [5.74, 6) is 3.75. The predicted molar refractivity (Wildman–Crippen MR) is 130 cm³/mol. The van der Waals surface area contributed by atoms with E-state index in [-0.39, 0.29) is 12.3 Å². The van der Waals surface area contributed by atoms with E-state index in [0.717, 1.165) is 34.8 Å². The van der Waals surface area contributed by atoms with Gasteiger partial charge in [0.1, 0.15) is 17.2 Å². The minimum atomic E-state index is -0.472. The standard InChI is InChI=1S/C24H24O3.2ClH.2H3N.Pt/c1-25-21-11-4-18(5-12-21)6-17-24(19-7-13-22(26-2)14-8-19)20-9-15-23(27-3)16-10-20;;;;;/h4-5,7-17H,6H2,1-3H3;2*1H;2*1H3;/q-2;;;;;+4/p-2. The Kier molecular flexibility index (Phi) is 15.7. The molecule has 0 aliphatic rings. The summed E-state index contributed by atoms with van der Waals surface area (Å²) in [6, 6.07) is 24.5. The van der Waals surface area contributed by atoms with E-state index in [1.54, 1.807) is 21.3 Å². The molecule has 0 aromatic heterocycles. The summed E-state index contributed by atoms with van der Waals surface area (Å²) in [6.07, 6.45) is 3.09. The van der Waals surface area contributed by atoms with Gasteiger partial charge in [-0.25, -0.2) is 0 Å². The molecule has 6 N–H and O–H groups in total. The van der Waals surface area contributed by atoms with E-state index in [2.05, 4.69) is 42.8 Å². The van der Waals surface area contributed by atoms with Crippen LogP contribution in [0.1, 0.15) is 16.7 Å². The van der Waals surface area contributed by atoms with Crippen molar-refractivity contribution in [2.75, 3.05) is 21.3 Å². The van der Waals surface area contributed by atoms with Crippen LogP contribution in [0.25, 0.3) is 0 Å². The molecule has 0 saturated heterocycles. The molecule has 3 aromatic carbocycles. The molecule has 32 heavy (non-hydrogen) atoms. The first-order chi connectivity index (χ1) is 14.6. The van der Waals surface area contributed by atoms with Crippen LogP contribution in [0.4, 0.5) is 0 Å². The molecule has 3 aromatic rings. The van der Waals surface area contributed by atoms with Crippen LogP contribution in [0.15, 0.2) is 72.8 Å². The molecule has 0 saturated carbocycles. The molecule has 0 fully saturated rings. The van der Waals surface area contributed by atoms with Crippen molar-refractivity contribution in [3.05, 3.63) is 102 Å². The summed E-state index contributed by atoms with van der Waals surface area (Å²) < 4.78 is 15.8. The first-order valence-corrected chi connectivity index (χ1v) is 14.7. The Morgan fingerprint density at radius 1 is 0.656 bits per heavy atom. The van der Waals surface area contributed by atoms with Gasteiger partial charge in [0, 0.05) is 0 Å². The van der Waals surface area contributed by atoms with E-state index in [1.807, 2.05) is 36.4 Å². The van der Waals surface area contributed by atoms with Crippen LogP contribution in [-0.2, 0) is 22.9 Å². The van der Waals surface area contributed by atoms with Gasteiger partial charge in [0.25, 0.3) is 0 Å². The van der Waals surface area contributed by atoms with Gasteiger partial charge < -0.3 is 32.9 Å². The Hall–Kier alpha value is -1.88. The average Bonchev–Trinajstić information content (AvgIpc) is 2.81. The quantitative estimate of drug-likeness (QED) is 0.258. The summed E-state index contributed by atoms with van der Waals surface area (Å²) >= 11 is -0.472. The number of halogens is 2. The number of rotatable bonds is 8. The second kappa shape index (κ2) is 16.7. The molecule has 5 nitrogen and oxygen atoms in total. The van der Waals surface area contributed by atoms with Crippen molar-refractivity contribution in [3.8, 4) is 17.2 Å². The van der Waals surface area contributed by atoms with Crippen LogP contribution >= 0.6 is 18.8 Å². The average molecular weight is 660 g/mol. The fourth-order valence-electron chi connectivity index (χ4n) is 2.93. The Balaban J connectivity index is 0.00000182. The van der Waals surface area contributed by atoms with Crippen molar-refractivity contribution in [1.29, 1.82) is 0 Å². The van der Waals surface area contributed by atoms with Gasteiger partial charge in [-0.1, -0.05) is 42.0 Å². The summed E-state index contributed by atoms with van der Waals surface area (Å²) in [4.78, 5) is 0. The molecule has 0 heterocycles. The third kappa shape index (κ3) is 9.31. The van der Waals surface area contributed by atoms with Gasteiger partial charge in [0.2, 0.25) is 0 Å². The van der Waals surface area contributed by atoms with Gasteiger partial charge in [-0.2, -0.15) is 17.5 Å². The maximum absolute atomic E-state index is 5.29. The molecular formula is C24H30Cl2N2O3Pt. The van der Waals surface area contributed by atoms with Crippen molar-refractivity contribution in [1.82, 2.24) is 12.3 Å². The van der Waals surface area contributed by atoms with Crippen molar-refractivity contribution in [2.24, 2.45) is 0 Å². The second-order valence-electron chi connectivity index (χ2n) is 6.17. The normalized spacial score (nSPS) is 9.41. The monoisotopic (exact) mass is 659 g/mol. The molecule has 0 aliphatic carbocycles. The first kappa shape index (κ1) is 30.1. The predicted octanol–water partition coefficient (Wildman–Crippen LogP) is 6.83. The number of ether oxygens (including phenoxy) is 3. The molecule has 0 spiro atoms. The molecule has 0 aliphatic heterocycles. The molecule has 3 rings (SSSR count). The zero-order chi connectivity index (χ0) is 21.8. The molecule has 0 bridgehead atoms. The van der Waals surface area contributed by atoms with Crippen LogP contribution in [0.5, 0.6) is 17.2 Å². The van der Waals surface area contributed by atoms with E-state index in [4.69, 9.17) is 33.0 Å². The third-order valence-electron chi connectivity index (χ3n) is 4.50. The topological polar surface area (TPSA) is 97.7 Å². The molecule has 0 unspecified atom stereocenters. The Bertz CT molecular complexity index is 816. The van der Waals surface area contributed by atoms with Gasteiger partial charge in [-0.15, -0.1) is 24.3 Å². The zero-order valence-corrected chi connectivity index (χ0v) is 22.2. The van der Waals surface area contributed by atoms with Crippen molar-refractivity contribution >= 4 is 18.8 Å². The first-order valence-electron chi connectivity index (χ1n) is 9.09. The van der Waals surface area contributed by atoms with Crippen LogP contribution in [0.3, 0.4) is 0 Å². The van der Waals surface area contributed by atoms with E-state index in [1.165, 1.54) is 11.5 Å². The maximum atomic E-state index is 5.29. The van der Waals surface area contributed by atoms with E-state index in [0.29, 0.717) is 0 Å². The van der Waals surface area contributed by atoms with Crippen molar-refractivity contribution in [2.45, 2.75) is 6.42 Å². The molecule has 8 heteroatoms. The minimum absolute atomic E-state index is 0. The number of hydrogen-bond donors (Lipinski definition) is 2. The SMILES string of the molecule is COc1ccc(C[CH-][C-](c2ccc(OC)cc2)c2ccc(OC)cc2)cc1.N.N.[Cl][Pt+2][Cl]. The van der Waals surface area contributed by atoms with Crippen LogP contribution < -0.4 is 26.5 Å². The van der Waals surface area contributed by atoms with Crippen LogP contribution in [0, 0.1) is 12.3 Å². The Morgan fingerprint density at radius 2 is 0.969 bits per heavy atom. The van der Waals surface area contributed by atoms with Gasteiger partial charge in [0.15, 0.2) is 0 Å². The second-order valence-corrected chi connectivity index (χ2v) is 9.45. The van der Waals surface area contributed by atoms with E-state index < -0.39 is 16.5 Å². The Labute approximate surface area is 207 Å². The molecule has 178 valence electrons. The molecule has 0 radical (unpaired) electrons. The number of hydrogen-bond acceptors (Lipinski definition) is 5. The third-order valence-corrected chi connectivity index (χ3v) is 4.50. The van der Waals surface area contributed by atoms with Gasteiger partial charge in [0.05, 0.1) is 21.3 Å². The van der Waals surface area contributed by atoms with Gasteiger partial charge in [-0.3, -0.25) is 5.92 Å². The number of benzene rings is 3. The summed E-state index contributed by atoms with van der Waals surface area (Å²) in [5, 5.41) is 0. The summed E-state index contributed by atoms with van der Waals surface area (Å²) in [7, 11) is 14.8. The van der Waals surface area contributed by atoms with E-state index in [9.17, 15) is 0 Å². The van der Waals surface area contributed by atoms with Gasteiger partial charge in [-0.05, 0) is 12.1 Å². The Morgan fingerprint density at radius 3 is 1.28 bits per heavy atom. The van der Waals surface area contributed by atoms with Crippen molar-refractivity contribution in [3.63, 3.8) is 0 Å². The molecular weight excluding hydrogens is 630 g/mol. The summed E-state index contributed by atoms with van der Waals surface area (Å²) in [5.41, 5.74) is 3.53.